The van der Waals surface area contributed by atoms with E-state index >= 15 is 0 Å². The van der Waals surface area contributed by atoms with Crippen LogP contribution in [0.2, 0.25) is 0 Å². The minimum atomic E-state index is -2.38. The maximum Gasteiger partial charge on any atom is 0.330 e. The molecule has 2 aliphatic heterocycles. The van der Waals surface area contributed by atoms with Crippen molar-refractivity contribution in [2.75, 3.05) is 19.6 Å². The van der Waals surface area contributed by atoms with Crippen LogP contribution in [0.5, 0.6) is 0 Å². The summed E-state index contributed by atoms with van der Waals surface area (Å²) < 4.78 is 13.2. The summed E-state index contributed by atoms with van der Waals surface area (Å²) in [6, 6.07) is -0.972. The quantitative estimate of drug-likeness (QED) is 0.728. The number of nitrogens with one attached hydrogen (secondary N) is 1. The van der Waals surface area contributed by atoms with Gasteiger partial charge in [0, 0.05) is 26.1 Å². The maximum atomic E-state index is 13.2. The van der Waals surface area contributed by atoms with Crippen molar-refractivity contribution in [3.63, 3.8) is 0 Å². The number of hydrogen-bond acceptors (Lipinski definition) is 4. The number of nitrogens with zero attached hydrogens (tertiary/aromatic N) is 2. The number of amides is 5. The van der Waals surface area contributed by atoms with Gasteiger partial charge < -0.3 is 4.90 Å². The summed E-state index contributed by atoms with van der Waals surface area (Å²) in [5, 5.41) is 1.74. The molecule has 0 spiro atoms. The van der Waals surface area contributed by atoms with Crippen molar-refractivity contribution in [2.45, 2.75) is 31.9 Å². The van der Waals surface area contributed by atoms with E-state index in [0.29, 0.717) is 18.0 Å². The molecule has 0 aromatic rings. The van der Waals surface area contributed by atoms with Crippen molar-refractivity contribution in [3.8, 4) is 0 Å². The van der Waals surface area contributed by atoms with Gasteiger partial charge in [0.15, 0.2) is 0 Å². The van der Waals surface area contributed by atoms with Crippen molar-refractivity contribution in [3.05, 3.63) is 0 Å². The predicted octanol–water partition coefficient (Wildman–Crippen LogP) is -0.195. The Kier molecular flexibility index (Phi) is 4.31. The van der Waals surface area contributed by atoms with E-state index < -0.39 is 24.0 Å². The highest BCUT2D eigenvalue weighted by molar-refractivity contribution is 6.18. The number of likely N-dealkylation sites (tertiary alicyclic amines) is 1. The minimum Gasteiger partial charge on any atom is -0.343 e. The Hall–Kier alpha value is -1.99. The maximum absolute atomic E-state index is 13.2. The van der Waals surface area contributed by atoms with Crippen LogP contribution in [0.25, 0.3) is 0 Å². The molecule has 0 saturated carbocycles. The SMILES string of the molecule is O=C1NC(=O)N(CCC(=O)N2CCCCC2)C(=O)C1F. The third kappa shape index (κ3) is 2.94. The van der Waals surface area contributed by atoms with Gasteiger partial charge in [-0.3, -0.25) is 24.6 Å². The van der Waals surface area contributed by atoms with Gasteiger partial charge in [-0.2, -0.15) is 0 Å². The van der Waals surface area contributed by atoms with Crippen molar-refractivity contribution < 1.29 is 23.6 Å². The summed E-state index contributed by atoms with van der Waals surface area (Å²) in [4.78, 5) is 48.0. The number of carbonyl (C=O) groups excluding carboxylic acids is 4. The van der Waals surface area contributed by atoms with E-state index in [9.17, 15) is 23.6 Å². The molecule has 1 unspecified atom stereocenters. The zero-order valence-corrected chi connectivity index (χ0v) is 10.9. The number of hydrogen-bond donors (Lipinski definition) is 1. The highest BCUT2D eigenvalue weighted by atomic mass is 19.1. The van der Waals surface area contributed by atoms with Crippen LogP contribution in [0.4, 0.5) is 9.18 Å². The van der Waals surface area contributed by atoms with E-state index in [1.54, 1.807) is 10.2 Å². The zero-order valence-electron chi connectivity index (χ0n) is 10.9. The van der Waals surface area contributed by atoms with E-state index in [0.717, 1.165) is 19.3 Å². The number of halogens is 1. The molecular formula is C12H16FN3O4. The molecule has 110 valence electrons. The van der Waals surface area contributed by atoms with Crippen LogP contribution in [0.1, 0.15) is 25.7 Å². The van der Waals surface area contributed by atoms with Crippen LogP contribution >= 0.6 is 0 Å². The third-order valence-corrected chi connectivity index (χ3v) is 3.45. The Morgan fingerprint density at radius 2 is 1.85 bits per heavy atom. The molecule has 0 aromatic heterocycles. The van der Waals surface area contributed by atoms with Crippen molar-refractivity contribution in [2.24, 2.45) is 0 Å². The van der Waals surface area contributed by atoms with Gasteiger partial charge in [-0.1, -0.05) is 0 Å². The molecule has 1 atom stereocenters. The molecule has 2 heterocycles. The predicted molar refractivity (Wildman–Crippen MR) is 65.2 cm³/mol. The molecule has 7 nitrogen and oxygen atoms in total. The zero-order chi connectivity index (χ0) is 14.7. The first-order valence-corrected chi connectivity index (χ1v) is 6.59. The topological polar surface area (TPSA) is 86.8 Å². The monoisotopic (exact) mass is 285 g/mol. The number of barbiturate groups is 1. The number of carbonyl (C=O) groups is 4. The van der Waals surface area contributed by atoms with Crippen LogP contribution in [0.15, 0.2) is 0 Å². The molecule has 0 radical (unpaired) electrons. The van der Waals surface area contributed by atoms with Crippen LogP contribution in [0.3, 0.4) is 0 Å². The van der Waals surface area contributed by atoms with E-state index in [1.807, 2.05) is 0 Å². The highest BCUT2D eigenvalue weighted by Gasteiger charge is 2.40. The largest absolute Gasteiger partial charge is 0.343 e. The standard InChI is InChI=1S/C12H16FN3O4/c13-9-10(18)14-12(20)16(11(9)19)7-4-8(17)15-5-2-1-3-6-15/h9H,1-7H2,(H,14,18,20). The second-order valence-electron chi connectivity index (χ2n) is 4.84. The van der Waals surface area contributed by atoms with Crippen molar-refractivity contribution >= 4 is 23.8 Å². The highest BCUT2D eigenvalue weighted by Crippen LogP contribution is 2.12. The summed E-state index contributed by atoms with van der Waals surface area (Å²) >= 11 is 0. The Morgan fingerprint density at radius 1 is 1.20 bits per heavy atom. The number of piperidine rings is 1. The minimum absolute atomic E-state index is 0.0555. The first kappa shape index (κ1) is 14.4. The molecule has 2 saturated heterocycles. The fourth-order valence-electron chi connectivity index (χ4n) is 2.31. The first-order valence-electron chi connectivity index (χ1n) is 6.59. The number of urea groups is 1. The Morgan fingerprint density at radius 3 is 2.50 bits per heavy atom. The Balaban J connectivity index is 1.89. The third-order valence-electron chi connectivity index (χ3n) is 3.45. The van der Waals surface area contributed by atoms with Crippen molar-refractivity contribution in [1.82, 2.24) is 15.1 Å². The van der Waals surface area contributed by atoms with Crippen LogP contribution in [0, 0.1) is 0 Å². The second kappa shape index (κ2) is 5.98. The number of rotatable bonds is 3. The molecule has 2 aliphatic rings. The lowest BCUT2D eigenvalue weighted by molar-refractivity contribution is -0.144. The van der Waals surface area contributed by atoms with Gasteiger partial charge in [0.05, 0.1) is 0 Å². The van der Waals surface area contributed by atoms with Gasteiger partial charge >= 0.3 is 6.03 Å². The fraction of sp³-hybridized carbons (Fsp3) is 0.667. The van der Waals surface area contributed by atoms with E-state index in [-0.39, 0.29) is 18.9 Å². The molecule has 2 rings (SSSR count). The van der Waals surface area contributed by atoms with Gasteiger partial charge in [0.1, 0.15) is 0 Å². The molecule has 20 heavy (non-hydrogen) atoms. The Labute approximate surface area is 115 Å². The average molecular weight is 285 g/mol. The van der Waals surface area contributed by atoms with Gasteiger partial charge in [0.25, 0.3) is 18.0 Å². The molecular weight excluding hydrogens is 269 g/mol. The van der Waals surface area contributed by atoms with E-state index in [1.165, 1.54) is 0 Å². The molecule has 0 aromatic carbocycles. The van der Waals surface area contributed by atoms with Gasteiger partial charge in [0.2, 0.25) is 5.91 Å². The normalized spacial score (nSPS) is 23.9. The lowest BCUT2D eigenvalue weighted by Gasteiger charge is -2.29. The number of alkyl halides is 1. The van der Waals surface area contributed by atoms with Crippen LogP contribution in [-0.2, 0) is 14.4 Å². The fourth-order valence-corrected chi connectivity index (χ4v) is 2.31. The number of imide groups is 2. The van der Waals surface area contributed by atoms with Crippen molar-refractivity contribution in [1.29, 1.82) is 0 Å². The second-order valence-corrected chi connectivity index (χ2v) is 4.84. The van der Waals surface area contributed by atoms with Gasteiger partial charge in [-0.25, -0.2) is 9.18 Å². The summed E-state index contributed by atoms with van der Waals surface area (Å²) in [5.41, 5.74) is 0. The molecule has 5 amide bonds. The Bertz CT molecular complexity index is 448. The molecule has 2 fully saturated rings. The van der Waals surface area contributed by atoms with Crippen LogP contribution < -0.4 is 5.32 Å². The summed E-state index contributed by atoms with van der Waals surface area (Å²) in [6.07, 6.45) is 0.534. The smallest absolute Gasteiger partial charge is 0.330 e. The summed E-state index contributed by atoms with van der Waals surface area (Å²) in [5.74, 6) is -2.62. The molecule has 0 bridgehead atoms. The first-order chi connectivity index (χ1) is 9.50. The summed E-state index contributed by atoms with van der Waals surface area (Å²) in [7, 11) is 0. The molecule has 0 aliphatic carbocycles. The molecule has 1 N–H and O–H groups in total. The summed E-state index contributed by atoms with van der Waals surface area (Å²) in [6.45, 7) is 1.13. The van der Waals surface area contributed by atoms with Gasteiger partial charge in [-0.15, -0.1) is 0 Å². The lowest BCUT2D eigenvalue weighted by atomic mass is 10.1. The van der Waals surface area contributed by atoms with E-state index in [2.05, 4.69) is 0 Å². The van der Waals surface area contributed by atoms with Crippen LogP contribution in [-0.4, -0.2) is 59.4 Å². The van der Waals surface area contributed by atoms with Gasteiger partial charge in [-0.05, 0) is 19.3 Å². The lowest BCUT2D eigenvalue weighted by Crippen LogP contribution is -2.59. The van der Waals surface area contributed by atoms with E-state index in [4.69, 9.17) is 0 Å². The molecule has 8 heteroatoms. The average Bonchev–Trinajstić information content (AvgIpc) is 2.45.